The van der Waals surface area contributed by atoms with Gasteiger partial charge in [0.05, 0.1) is 6.54 Å². The molecule has 0 aliphatic carbocycles. The van der Waals surface area contributed by atoms with E-state index in [-0.39, 0.29) is 5.78 Å². The predicted molar refractivity (Wildman–Crippen MR) is 89.4 cm³/mol. The Hall–Kier alpha value is -2.09. The number of hydrogen-bond acceptors (Lipinski definition) is 2. The van der Waals surface area contributed by atoms with Crippen molar-refractivity contribution in [3.05, 3.63) is 64.2 Å². The van der Waals surface area contributed by atoms with E-state index in [0.717, 1.165) is 16.8 Å². The maximum Gasteiger partial charge on any atom is 0.182 e. The molecule has 21 heavy (non-hydrogen) atoms. The number of likely N-dealkylation sites (N-methyl/N-ethyl adjacent to an activating group) is 1. The molecule has 0 aromatic heterocycles. The Labute approximate surface area is 127 Å². The average molecular weight is 281 g/mol. The van der Waals surface area contributed by atoms with Crippen LogP contribution in [0.3, 0.4) is 0 Å². The number of carbonyl (C=O) groups is 1. The van der Waals surface area contributed by atoms with Gasteiger partial charge in [0.15, 0.2) is 5.78 Å². The molecular formula is C19H23NO. The normalized spacial score (nSPS) is 10.5. The third kappa shape index (κ3) is 3.52. The van der Waals surface area contributed by atoms with Crippen molar-refractivity contribution in [3.63, 3.8) is 0 Å². The molecule has 2 rings (SSSR count). The SMILES string of the molecule is Cc1ccc(N(C)CC(=O)c2cc(C)c(C)cc2C)cc1. The number of Topliss-reactive ketones (excluding diaryl/α,β-unsaturated/α-hetero) is 1. The monoisotopic (exact) mass is 281 g/mol. The number of carbonyl (C=O) groups excluding carboxylic acids is 1. The van der Waals surface area contributed by atoms with Gasteiger partial charge in [-0.15, -0.1) is 0 Å². The van der Waals surface area contributed by atoms with E-state index in [9.17, 15) is 4.79 Å². The molecule has 110 valence electrons. The first kappa shape index (κ1) is 15.3. The molecule has 0 amide bonds. The van der Waals surface area contributed by atoms with Gasteiger partial charge < -0.3 is 4.90 Å². The van der Waals surface area contributed by atoms with Crippen LogP contribution in [0.15, 0.2) is 36.4 Å². The summed E-state index contributed by atoms with van der Waals surface area (Å²) in [5, 5.41) is 0. The van der Waals surface area contributed by atoms with Crippen LogP contribution in [-0.4, -0.2) is 19.4 Å². The number of anilines is 1. The van der Waals surface area contributed by atoms with E-state index in [1.54, 1.807) is 0 Å². The maximum atomic E-state index is 12.5. The summed E-state index contributed by atoms with van der Waals surface area (Å²) in [4.78, 5) is 14.5. The van der Waals surface area contributed by atoms with E-state index in [1.807, 2.05) is 24.9 Å². The van der Waals surface area contributed by atoms with Crippen molar-refractivity contribution in [2.24, 2.45) is 0 Å². The van der Waals surface area contributed by atoms with E-state index in [2.05, 4.69) is 51.1 Å². The number of hydrogen-bond donors (Lipinski definition) is 0. The van der Waals surface area contributed by atoms with Crippen molar-refractivity contribution < 1.29 is 4.79 Å². The van der Waals surface area contributed by atoms with Gasteiger partial charge >= 0.3 is 0 Å². The number of rotatable bonds is 4. The highest BCUT2D eigenvalue weighted by Gasteiger charge is 2.13. The van der Waals surface area contributed by atoms with Crippen LogP contribution in [0.4, 0.5) is 5.69 Å². The first-order chi connectivity index (χ1) is 9.88. The molecule has 0 bridgehead atoms. The molecule has 0 aliphatic rings. The zero-order chi connectivity index (χ0) is 15.6. The predicted octanol–water partition coefficient (Wildman–Crippen LogP) is 4.24. The molecule has 0 radical (unpaired) electrons. The molecule has 2 nitrogen and oxygen atoms in total. The molecule has 0 unspecified atom stereocenters. The van der Waals surface area contributed by atoms with Gasteiger partial charge in [0.25, 0.3) is 0 Å². The van der Waals surface area contributed by atoms with Crippen LogP contribution < -0.4 is 4.90 Å². The topological polar surface area (TPSA) is 20.3 Å². The van der Waals surface area contributed by atoms with Crippen LogP contribution in [0.25, 0.3) is 0 Å². The van der Waals surface area contributed by atoms with Gasteiger partial charge in [-0.3, -0.25) is 4.79 Å². The van der Waals surface area contributed by atoms with Crippen LogP contribution >= 0.6 is 0 Å². The van der Waals surface area contributed by atoms with E-state index >= 15 is 0 Å². The van der Waals surface area contributed by atoms with Crippen molar-refractivity contribution in [1.29, 1.82) is 0 Å². The van der Waals surface area contributed by atoms with Crippen molar-refractivity contribution in [2.45, 2.75) is 27.7 Å². The minimum absolute atomic E-state index is 0.165. The molecule has 0 N–H and O–H groups in total. The van der Waals surface area contributed by atoms with Crippen LogP contribution in [0.1, 0.15) is 32.6 Å². The molecule has 0 atom stereocenters. The highest BCUT2D eigenvalue weighted by atomic mass is 16.1. The fraction of sp³-hybridized carbons (Fsp3) is 0.316. The number of benzene rings is 2. The standard InChI is InChI=1S/C19H23NO/c1-13-6-8-17(9-7-13)20(5)12-19(21)18-11-15(3)14(2)10-16(18)4/h6-11H,12H2,1-5H3. The molecule has 0 saturated heterocycles. The number of nitrogens with zero attached hydrogens (tertiary/aromatic N) is 1. The van der Waals surface area contributed by atoms with E-state index in [1.165, 1.54) is 16.7 Å². The zero-order valence-corrected chi connectivity index (χ0v) is 13.5. The summed E-state index contributed by atoms with van der Waals surface area (Å²) in [5.41, 5.74) is 6.58. The van der Waals surface area contributed by atoms with Gasteiger partial charge in [0.1, 0.15) is 0 Å². The summed E-state index contributed by atoms with van der Waals surface area (Å²) in [6, 6.07) is 12.3. The quantitative estimate of drug-likeness (QED) is 0.781. The third-order valence-corrected chi connectivity index (χ3v) is 4.00. The zero-order valence-electron chi connectivity index (χ0n) is 13.5. The highest BCUT2D eigenvalue weighted by molar-refractivity contribution is 6.00. The summed E-state index contributed by atoms with van der Waals surface area (Å²) in [6.45, 7) is 8.59. The van der Waals surface area contributed by atoms with Gasteiger partial charge in [-0.2, -0.15) is 0 Å². The van der Waals surface area contributed by atoms with E-state index in [4.69, 9.17) is 0 Å². The van der Waals surface area contributed by atoms with Crippen LogP contribution in [0, 0.1) is 27.7 Å². The van der Waals surface area contributed by atoms with Gasteiger partial charge in [0.2, 0.25) is 0 Å². The smallest absolute Gasteiger partial charge is 0.182 e. The summed E-state index contributed by atoms with van der Waals surface area (Å²) < 4.78 is 0. The first-order valence-corrected chi connectivity index (χ1v) is 7.27. The molecule has 0 saturated carbocycles. The van der Waals surface area contributed by atoms with Gasteiger partial charge in [-0.1, -0.05) is 23.8 Å². The Morgan fingerprint density at radius 2 is 1.48 bits per heavy atom. The Balaban J connectivity index is 2.18. The van der Waals surface area contributed by atoms with Gasteiger partial charge in [0, 0.05) is 18.3 Å². The molecule has 2 aromatic rings. The lowest BCUT2D eigenvalue weighted by Crippen LogP contribution is -2.26. The summed E-state index contributed by atoms with van der Waals surface area (Å²) in [6.07, 6.45) is 0. The fourth-order valence-electron chi connectivity index (χ4n) is 2.45. The third-order valence-electron chi connectivity index (χ3n) is 4.00. The fourth-order valence-corrected chi connectivity index (χ4v) is 2.45. The second-order valence-electron chi connectivity index (χ2n) is 5.87. The van der Waals surface area contributed by atoms with Crippen LogP contribution in [0.2, 0.25) is 0 Å². The summed E-state index contributed by atoms with van der Waals surface area (Å²) >= 11 is 0. The van der Waals surface area contributed by atoms with Crippen LogP contribution in [0.5, 0.6) is 0 Å². The molecule has 2 heteroatoms. The van der Waals surface area contributed by atoms with Crippen molar-refractivity contribution in [2.75, 3.05) is 18.5 Å². The molecule has 0 fully saturated rings. The highest BCUT2D eigenvalue weighted by Crippen LogP contribution is 2.18. The second-order valence-corrected chi connectivity index (χ2v) is 5.87. The van der Waals surface area contributed by atoms with Gasteiger partial charge in [-0.05, 0) is 62.6 Å². The van der Waals surface area contributed by atoms with Gasteiger partial charge in [-0.25, -0.2) is 0 Å². The lowest BCUT2D eigenvalue weighted by Gasteiger charge is -2.19. The first-order valence-electron chi connectivity index (χ1n) is 7.27. The molecule has 0 aliphatic heterocycles. The Morgan fingerprint density at radius 1 is 0.905 bits per heavy atom. The number of aryl methyl sites for hydroxylation is 4. The van der Waals surface area contributed by atoms with E-state index < -0.39 is 0 Å². The number of ketones is 1. The molecular weight excluding hydrogens is 258 g/mol. The second kappa shape index (κ2) is 6.13. The van der Waals surface area contributed by atoms with Crippen LogP contribution in [-0.2, 0) is 0 Å². The minimum atomic E-state index is 0.165. The van der Waals surface area contributed by atoms with E-state index in [0.29, 0.717) is 6.54 Å². The average Bonchev–Trinajstić information content (AvgIpc) is 2.43. The minimum Gasteiger partial charge on any atom is -0.367 e. The maximum absolute atomic E-state index is 12.5. The lowest BCUT2D eigenvalue weighted by molar-refractivity contribution is 0.0999. The van der Waals surface area contributed by atoms with Crippen molar-refractivity contribution >= 4 is 11.5 Å². The molecule has 2 aromatic carbocycles. The molecule has 0 spiro atoms. The largest absolute Gasteiger partial charge is 0.367 e. The lowest BCUT2D eigenvalue weighted by atomic mass is 9.98. The summed E-state index contributed by atoms with van der Waals surface area (Å²) in [7, 11) is 1.96. The van der Waals surface area contributed by atoms with Crippen molar-refractivity contribution in [3.8, 4) is 0 Å². The Kier molecular flexibility index (Phi) is 4.46. The Bertz CT molecular complexity index is 656. The van der Waals surface area contributed by atoms with Crippen molar-refractivity contribution in [1.82, 2.24) is 0 Å². The molecule has 0 heterocycles. The Morgan fingerprint density at radius 3 is 2.10 bits per heavy atom. The summed E-state index contributed by atoms with van der Waals surface area (Å²) in [5.74, 6) is 0.165.